The molecular weight excluding hydrogens is 130 g/mol. The number of likely N-dealkylation sites (tertiary alicyclic amines) is 1. The quantitative estimate of drug-likeness (QED) is 0.547. The van der Waals surface area contributed by atoms with Gasteiger partial charge >= 0.3 is 0 Å². The van der Waals surface area contributed by atoms with E-state index >= 15 is 0 Å². The molecule has 3 nitrogen and oxygen atoms in total. The van der Waals surface area contributed by atoms with Crippen molar-refractivity contribution in [1.82, 2.24) is 4.90 Å². The van der Waals surface area contributed by atoms with Crippen LogP contribution in [0.2, 0.25) is 0 Å². The van der Waals surface area contributed by atoms with Crippen LogP contribution in [-0.2, 0) is 0 Å². The van der Waals surface area contributed by atoms with E-state index in [0.29, 0.717) is 13.1 Å². The molecule has 1 rings (SSSR count). The van der Waals surface area contributed by atoms with Gasteiger partial charge in [-0.1, -0.05) is 0 Å². The van der Waals surface area contributed by atoms with Crippen molar-refractivity contribution >= 4 is 0 Å². The minimum atomic E-state index is -0.299. The van der Waals surface area contributed by atoms with Crippen molar-refractivity contribution in [2.45, 2.75) is 32.1 Å². The summed E-state index contributed by atoms with van der Waals surface area (Å²) < 4.78 is 0. The summed E-state index contributed by atoms with van der Waals surface area (Å²) in [6.45, 7) is 5.17. The number of hydrogen-bond acceptors (Lipinski definition) is 3. The zero-order chi connectivity index (χ0) is 7.72. The predicted molar refractivity (Wildman–Crippen MR) is 38.7 cm³/mol. The highest BCUT2D eigenvalue weighted by atomic mass is 16.3. The molecule has 1 fully saturated rings. The molecule has 0 aromatic heterocycles. The SMILES string of the molecule is CC(O)C(C)N1CC(O)C1. The Bertz CT molecular complexity index is 110. The van der Waals surface area contributed by atoms with Gasteiger partial charge in [-0.05, 0) is 13.8 Å². The summed E-state index contributed by atoms with van der Waals surface area (Å²) in [4.78, 5) is 2.06. The van der Waals surface area contributed by atoms with Crippen LogP contribution in [0.3, 0.4) is 0 Å². The molecule has 10 heavy (non-hydrogen) atoms. The van der Waals surface area contributed by atoms with Crippen molar-refractivity contribution < 1.29 is 10.2 Å². The maximum absolute atomic E-state index is 9.12. The maximum Gasteiger partial charge on any atom is 0.0794 e. The Morgan fingerprint density at radius 3 is 2.20 bits per heavy atom. The van der Waals surface area contributed by atoms with E-state index in [-0.39, 0.29) is 18.2 Å². The molecule has 60 valence electrons. The molecule has 2 unspecified atom stereocenters. The third kappa shape index (κ3) is 1.48. The molecular formula is C7H15NO2. The lowest BCUT2D eigenvalue weighted by molar-refractivity contribution is -0.0502. The average molecular weight is 145 g/mol. The van der Waals surface area contributed by atoms with Gasteiger partial charge < -0.3 is 10.2 Å². The molecule has 0 amide bonds. The molecule has 1 aliphatic heterocycles. The van der Waals surface area contributed by atoms with Crippen LogP contribution in [-0.4, -0.2) is 46.5 Å². The van der Waals surface area contributed by atoms with Crippen LogP contribution in [0.4, 0.5) is 0 Å². The Kier molecular flexibility index (Phi) is 2.28. The Morgan fingerprint density at radius 1 is 1.40 bits per heavy atom. The molecule has 1 heterocycles. The number of β-amino-alcohol motifs (C(OH)–C–C–N with tert-alkyl or cyclic N) is 1. The number of rotatable bonds is 2. The zero-order valence-electron chi connectivity index (χ0n) is 6.49. The molecule has 1 saturated heterocycles. The van der Waals surface area contributed by atoms with E-state index in [0.717, 1.165) is 0 Å². The highest BCUT2D eigenvalue weighted by molar-refractivity contribution is 4.84. The predicted octanol–water partition coefficient (Wildman–Crippen LogP) is -0.568. The Balaban J connectivity index is 2.24. The van der Waals surface area contributed by atoms with Crippen LogP contribution in [0.1, 0.15) is 13.8 Å². The van der Waals surface area contributed by atoms with Gasteiger partial charge in [-0.2, -0.15) is 0 Å². The van der Waals surface area contributed by atoms with Gasteiger partial charge in [0.2, 0.25) is 0 Å². The molecule has 0 radical (unpaired) electrons. The summed E-state index contributed by atoms with van der Waals surface area (Å²) in [5.74, 6) is 0. The van der Waals surface area contributed by atoms with Crippen LogP contribution in [0.25, 0.3) is 0 Å². The molecule has 3 heteroatoms. The zero-order valence-corrected chi connectivity index (χ0v) is 6.49. The first-order valence-electron chi connectivity index (χ1n) is 3.71. The van der Waals surface area contributed by atoms with Gasteiger partial charge in [0, 0.05) is 19.1 Å². The van der Waals surface area contributed by atoms with E-state index in [4.69, 9.17) is 10.2 Å². The summed E-state index contributed by atoms with van der Waals surface area (Å²) in [5.41, 5.74) is 0. The van der Waals surface area contributed by atoms with Crippen LogP contribution in [0.15, 0.2) is 0 Å². The standard InChI is InChI=1S/C7H15NO2/c1-5(6(2)9)8-3-7(10)4-8/h5-7,9-10H,3-4H2,1-2H3. The first-order chi connectivity index (χ1) is 4.61. The molecule has 0 saturated carbocycles. The van der Waals surface area contributed by atoms with E-state index < -0.39 is 0 Å². The lowest BCUT2D eigenvalue weighted by Gasteiger charge is -2.41. The largest absolute Gasteiger partial charge is 0.392 e. The fourth-order valence-corrected chi connectivity index (χ4v) is 1.13. The van der Waals surface area contributed by atoms with Crippen LogP contribution in [0, 0.1) is 0 Å². The molecule has 0 aromatic rings. The van der Waals surface area contributed by atoms with Crippen molar-refractivity contribution in [3.63, 3.8) is 0 Å². The molecule has 2 N–H and O–H groups in total. The highest BCUT2D eigenvalue weighted by Crippen LogP contribution is 2.13. The molecule has 0 bridgehead atoms. The van der Waals surface area contributed by atoms with Gasteiger partial charge in [0.25, 0.3) is 0 Å². The third-order valence-electron chi connectivity index (χ3n) is 2.16. The Morgan fingerprint density at radius 2 is 1.90 bits per heavy atom. The summed E-state index contributed by atoms with van der Waals surface area (Å²) in [6, 6.07) is 0.184. The summed E-state index contributed by atoms with van der Waals surface area (Å²) in [5, 5.41) is 18.0. The minimum Gasteiger partial charge on any atom is -0.392 e. The van der Waals surface area contributed by atoms with Crippen molar-refractivity contribution in [3.8, 4) is 0 Å². The third-order valence-corrected chi connectivity index (χ3v) is 2.16. The molecule has 0 aliphatic carbocycles. The second-order valence-electron chi connectivity index (χ2n) is 3.09. The lowest BCUT2D eigenvalue weighted by Crippen LogP contribution is -2.57. The summed E-state index contributed by atoms with van der Waals surface area (Å²) in [7, 11) is 0. The van der Waals surface area contributed by atoms with E-state index in [1.165, 1.54) is 0 Å². The number of hydrogen-bond donors (Lipinski definition) is 2. The van der Waals surface area contributed by atoms with Crippen LogP contribution >= 0.6 is 0 Å². The Labute approximate surface area is 61.3 Å². The second-order valence-corrected chi connectivity index (χ2v) is 3.09. The fourth-order valence-electron chi connectivity index (χ4n) is 1.13. The topological polar surface area (TPSA) is 43.7 Å². The molecule has 0 aromatic carbocycles. The monoisotopic (exact) mass is 145 g/mol. The van der Waals surface area contributed by atoms with Crippen molar-refractivity contribution in [3.05, 3.63) is 0 Å². The van der Waals surface area contributed by atoms with E-state index in [9.17, 15) is 0 Å². The maximum atomic E-state index is 9.12. The van der Waals surface area contributed by atoms with Crippen molar-refractivity contribution in [1.29, 1.82) is 0 Å². The van der Waals surface area contributed by atoms with Gasteiger partial charge in [0.1, 0.15) is 0 Å². The van der Waals surface area contributed by atoms with Crippen LogP contribution < -0.4 is 0 Å². The van der Waals surface area contributed by atoms with E-state index in [1.807, 2.05) is 6.92 Å². The van der Waals surface area contributed by atoms with Gasteiger partial charge in [0.15, 0.2) is 0 Å². The number of aliphatic hydroxyl groups excluding tert-OH is 2. The molecule has 2 atom stereocenters. The van der Waals surface area contributed by atoms with Crippen molar-refractivity contribution in [2.24, 2.45) is 0 Å². The fraction of sp³-hybridized carbons (Fsp3) is 1.00. The molecule has 0 spiro atoms. The minimum absolute atomic E-state index is 0.166. The van der Waals surface area contributed by atoms with E-state index in [2.05, 4.69) is 4.90 Å². The van der Waals surface area contributed by atoms with Gasteiger partial charge in [-0.15, -0.1) is 0 Å². The summed E-state index contributed by atoms with van der Waals surface area (Å²) in [6.07, 6.45) is -0.464. The van der Waals surface area contributed by atoms with E-state index in [1.54, 1.807) is 6.92 Å². The van der Waals surface area contributed by atoms with Crippen molar-refractivity contribution in [2.75, 3.05) is 13.1 Å². The molecule has 1 aliphatic rings. The first kappa shape index (κ1) is 7.98. The van der Waals surface area contributed by atoms with Gasteiger partial charge in [0.05, 0.1) is 12.2 Å². The second kappa shape index (κ2) is 2.86. The average Bonchev–Trinajstić information content (AvgIpc) is 1.79. The van der Waals surface area contributed by atoms with Gasteiger partial charge in [-0.3, -0.25) is 4.90 Å². The number of nitrogens with zero attached hydrogens (tertiary/aromatic N) is 1. The lowest BCUT2D eigenvalue weighted by atomic mass is 10.1. The first-order valence-corrected chi connectivity index (χ1v) is 3.71. The number of aliphatic hydroxyl groups is 2. The van der Waals surface area contributed by atoms with Gasteiger partial charge in [-0.25, -0.2) is 0 Å². The Hall–Kier alpha value is -0.120. The smallest absolute Gasteiger partial charge is 0.0794 e. The van der Waals surface area contributed by atoms with Crippen LogP contribution in [0.5, 0.6) is 0 Å². The summed E-state index contributed by atoms with van der Waals surface area (Å²) >= 11 is 0. The normalized spacial score (nSPS) is 27.6. The highest BCUT2D eigenvalue weighted by Gasteiger charge is 2.30.